The van der Waals surface area contributed by atoms with E-state index in [-0.39, 0.29) is 5.38 Å². The number of aliphatic imine (C=N–C) groups is 1. The Morgan fingerprint density at radius 3 is 2.85 bits per heavy atom. The molecule has 0 aromatic rings. The van der Waals surface area contributed by atoms with Gasteiger partial charge >= 0.3 is 0 Å². The Kier molecular flexibility index (Phi) is 7.67. The molecule has 1 atom stereocenters. The van der Waals surface area contributed by atoms with Crippen molar-refractivity contribution in [3.63, 3.8) is 0 Å². The molecule has 1 unspecified atom stereocenters. The minimum Gasteiger partial charge on any atom is -0.392 e. The zero-order valence-corrected chi connectivity index (χ0v) is 13.5. The zero-order chi connectivity index (χ0) is 15.0. The zero-order valence-electron chi connectivity index (χ0n) is 12.0. The van der Waals surface area contributed by atoms with Crippen molar-refractivity contribution in [2.24, 2.45) is 4.99 Å². The number of hydrogen-bond acceptors (Lipinski definition) is 3. The maximum Gasteiger partial charge on any atom is 0.0869 e. The first-order valence-corrected chi connectivity index (χ1v) is 7.23. The topological polar surface area (TPSA) is 33.6 Å². The summed E-state index contributed by atoms with van der Waals surface area (Å²) in [6, 6.07) is 0. The summed E-state index contributed by atoms with van der Waals surface area (Å²) in [6.07, 6.45) is 10.1. The third-order valence-corrected chi connectivity index (χ3v) is 3.52. The van der Waals surface area contributed by atoms with Crippen molar-refractivity contribution in [1.29, 1.82) is 0 Å². The fraction of sp³-hybridized carbons (Fsp3) is 0.400. The lowest BCUT2D eigenvalue weighted by Gasteiger charge is -2.09. The Morgan fingerprint density at radius 2 is 2.25 bits per heavy atom. The van der Waals surface area contributed by atoms with Crippen LogP contribution >= 0.6 is 23.2 Å². The number of rotatable bonds is 6. The molecule has 0 amide bonds. The molecule has 1 N–H and O–H groups in total. The fourth-order valence-corrected chi connectivity index (χ4v) is 2.45. The minimum absolute atomic E-state index is 0.229. The van der Waals surface area contributed by atoms with E-state index in [0.717, 1.165) is 23.3 Å². The van der Waals surface area contributed by atoms with Gasteiger partial charge in [0.25, 0.3) is 0 Å². The average Bonchev–Trinajstić information content (AvgIpc) is 2.55. The second-order valence-corrected chi connectivity index (χ2v) is 5.06. The summed E-state index contributed by atoms with van der Waals surface area (Å²) in [5, 5.41) is 3.34. The molecule has 20 heavy (non-hydrogen) atoms. The molecule has 1 aliphatic rings. The van der Waals surface area contributed by atoms with E-state index < -0.39 is 0 Å². The first-order chi connectivity index (χ1) is 9.63. The van der Waals surface area contributed by atoms with Gasteiger partial charge < -0.3 is 10.1 Å². The summed E-state index contributed by atoms with van der Waals surface area (Å²) in [5.74, 6) is 0. The Bertz CT molecular complexity index is 476. The molecule has 5 heteroatoms. The van der Waals surface area contributed by atoms with Gasteiger partial charge in [0, 0.05) is 43.8 Å². The van der Waals surface area contributed by atoms with Crippen LogP contribution in [0.25, 0.3) is 0 Å². The van der Waals surface area contributed by atoms with Gasteiger partial charge in [-0.1, -0.05) is 23.8 Å². The molecule has 0 radical (unpaired) electrons. The molecule has 0 saturated carbocycles. The van der Waals surface area contributed by atoms with Gasteiger partial charge in [0.15, 0.2) is 0 Å². The molecule has 0 aromatic heterocycles. The Balaban J connectivity index is 3.12. The van der Waals surface area contributed by atoms with Crippen molar-refractivity contribution in [2.75, 3.05) is 20.8 Å². The maximum atomic E-state index is 6.35. The summed E-state index contributed by atoms with van der Waals surface area (Å²) in [5.41, 5.74) is 2.69. The number of hydrogen-bond donors (Lipinski definition) is 1. The molecular formula is C15H20Cl2N2O. The van der Waals surface area contributed by atoms with E-state index in [1.165, 1.54) is 0 Å². The Morgan fingerprint density at radius 1 is 1.50 bits per heavy atom. The van der Waals surface area contributed by atoms with E-state index in [1.807, 2.05) is 32.2 Å². The lowest BCUT2D eigenvalue weighted by molar-refractivity contribution is 0.202. The second-order valence-electron chi connectivity index (χ2n) is 4.19. The van der Waals surface area contributed by atoms with E-state index in [4.69, 9.17) is 27.9 Å². The summed E-state index contributed by atoms with van der Waals surface area (Å²) in [4.78, 5) is 4.32. The highest BCUT2D eigenvalue weighted by Crippen LogP contribution is 2.30. The largest absolute Gasteiger partial charge is 0.392 e. The highest BCUT2D eigenvalue weighted by atomic mass is 35.5. The van der Waals surface area contributed by atoms with Crippen LogP contribution in [0.1, 0.15) is 13.3 Å². The van der Waals surface area contributed by atoms with E-state index >= 15 is 0 Å². The average molecular weight is 315 g/mol. The summed E-state index contributed by atoms with van der Waals surface area (Å²) in [7, 11) is 3.50. The predicted octanol–water partition coefficient (Wildman–Crippen LogP) is 3.77. The number of halogens is 2. The van der Waals surface area contributed by atoms with Crippen LogP contribution in [-0.2, 0) is 4.74 Å². The molecule has 0 aromatic carbocycles. The monoisotopic (exact) mass is 314 g/mol. The molecule has 110 valence electrons. The summed E-state index contributed by atoms with van der Waals surface area (Å²) in [6.45, 7) is 2.50. The molecular weight excluding hydrogens is 295 g/mol. The first kappa shape index (κ1) is 17.0. The number of ether oxygens (including phenoxy) is 1. The molecule has 0 bridgehead atoms. The van der Waals surface area contributed by atoms with Gasteiger partial charge in [-0.25, -0.2) is 0 Å². The van der Waals surface area contributed by atoms with Gasteiger partial charge in [-0.15, -0.1) is 11.6 Å². The SMILES string of the molecule is CC=N/C(=C\NC)C1=CC=C(CCOC)C(Cl)C=C1Cl. The summed E-state index contributed by atoms with van der Waals surface area (Å²) < 4.78 is 5.09. The van der Waals surface area contributed by atoms with Crippen LogP contribution in [0.15, 0.2) is 51.3 Å². The van der Waals surface area contributed by atoms with E-state index in [0.29, 0.717) is 11.6 Å². The fourth-order valence-electron chi connectivity index (χ4n) is 1.80. The molecule has 0 spiro atoms. The van der Waals surface area contributed by atoms with Gasteiger partial charge in [-0.3, -0.25) is 4.99 Å². The van der Waals surface area contributed by atoms with E-state index in [2.05, 4.69) is 10.3 Å². The van der Waals surface area contributed by atoms with E-state index in [1.54, 1.807) is 19.5 Å². The first-order valence-electron chi connectivity index (χ1n) is 6.42. The van der Waals surface area contributed by atoms with Crippen molar-refractivity contribution >= 4 is 29.4 Å². The predicted molar refractivity (Wildman–Crippen MR) is 87.5 cm³/mol. The lowest BCUT2D eigenvalue weighted by atomic mass is 10.1. The highest BCUT2D eigenvalue weighted by molar-refractivity contribution is 6.34. The van der Waals surface area contributed by atoms with Crippen molar-refractivity contribution in [1.82, 2.24) is 5.32 Å². The number of allylic oxidation sites excluding steroid dienone is 4. The van der Waals surface area contributed by atoms with Crippen LogP contribution in [0, 0.1) is 0 Å². The number of nitrogens with one attached hydrogen (secondary N) is 1. The van der Waals surface area contributed by atoms with Crippen molar-refractivity contribution in [3.05, 3.63) is 46.3 Å². The van der Waals surface area contributed by atoms with Crippen molar-refractivity contribution in [3.8, 4) is 0 Å². The van der Waals surface area contributed by atoms with Crippen LogP contribution in [0.2, 0.25) is 0 Å². The van der Waals surface area contributed by atoms with Gasteiger partial charge in [-0.2, -0.15) is 0 Å². The number of methoxy groups -OCH3 is 1. The highest BCUT2D eigenvalue weighted by Gasteiger charge is 2.16. The smallest absolute Gasteiger partial charge is 0.0869 e. The minimum atomic E-state index is -0.229. The molecule has 3 nitrogen and oxygen atoms in total. The van der Waals surface area contributed by atoms with Gasteiger partial charge in [0.1, 0.15) is 0 Å². The Hall–Kier alpha value is -1.03. The Labute approximate surface area is 130 Å². The lowest BCUT2D eigenvalue weighted by Crippen LogP contribution is -2.03. The number of nitrogens with zero attached hydrogens (tertiary/aromatic N) is 1. The van der Waals surface area contributed by atoms with Crippen LogP contribution in [-0.4, -0.2) is 32.4 Å². The standard InChI is InChI=1S/C15H20Cl2N2O/c1-4-19-15(10-18-2)12-6-5-11(7-8-20-3)13(16)9-14(12)17/h4-6,9-10,13,18H,7-8H2,1-3H3/b15-10-,19-4?. The maximum absolute atomic E-state index is 6.35. The quantitative estimate of drug-likeness (QED) is 0.598. The third kappa shape index (κ3) is 4.82. The van der Waals surface area contributed by atoms with Crippen molar-refractivity contribution < 1.29 is 4.74 Å². The second kappa shape index (κ2) is 9.01. The normalized spacial score (nSPS) is 20.4. The van der Waals surface area contributed by atoms with Crippen LogP contribution in [0.4, 0.5) is 0 Å². The van der Waals surface area contributed by atoms with Gasteiger partial charge in [-0.05, 0) is 25.0 Å². The number of alkyl halides is 1. The van der Waals surface area contributed by atoms with Crippen LogP contribution in [0.3, 0.4) is 0 Å². The van der Waals surface area contributed by atoms with E-state index in [9.17, 15) is 0 Å². The molecule has 0 heterocycles. The molecule has 1 rings (SSSR count). The van der Waals surface area contributed by atoms with Gasteiger partial charge in [0.05, 0.1) is 11.1 Å². The van der Waals surface area contributed by atoms with Crippen LogP contribution in [0.5, 0.6) is 0 Å². The van der Waals surface area contributed by atoms with Crippen LogP contribution < -0.4 is 5.32 Å². The molecule has 1 aliphatic carbocycles. The molecule has 0 aliphatic heterocycles. The molecule has 0 saturated heterocycles. The van der Waals surface area contributed by atoms with Gasteiger partial charge in [0.2, 0.25) is 0 Å². The molecule has 0 fully saturated rings. The van der Waals surface area contributed by atoms with Crippen molar-refractivity contribution in [2.45, 2.75) is 18.7 Å². The summed E-state index contributed by atoms with van der Waals surface area (Å²) >= 11 is 12.7. The third-order valence-electron chi connectivity index (χ3n) is 2.79.